The Hall–Kier alpha value is -2.00. The van der Waals surface area contributed by atoms with Crippen LogP contribution in [0, 0.1) is 0 Å². The third kappa shape index (κ3) is 3.73. The SMILES string of the molecule is COc1ccc(COc2cccc([C@@H](C)O)c2)cc1. The molecule has 0 amide bonds. The van der Waals surface area contributed by atoms with Gasteiger partial charge in [-0.2, -0.15) is 0 Å². The molecule has 1 N–H and O–H groups in total. The molecule has 3 nitrogen and oxygen atoms in total. The maximum Gasteiger partial charge on any atom is 0.120 e. The van der Waals surface area contributed by atoms with Gasteiger partial charge in [-0.05, 0) is 42.3 Å². The zero-order valence-electron chi connectivity index (χ0n) is 11.2. The van der Waals surface area contributed by atoms with Gasteiger partial charge in [-0.3, -0.25) is 0 Å². The van der Waals surface area contributed by atoms with Gasteiger partial charge in [-0.1, -0.05) is 24.3 Å². The third-order valence-corrected chi connectivity index (χ3v) is 2.91. The molecule has 0 fully saturated rings. The minimum Gasteiger partial charge on any atom is -0.497 e. The zero-order valence-corrected chi connectivity index (χ0v) is 11.2. The van der Waals surface area contributed by atoms with E-state index in [0.717, 1.165) is 22.6 Å². The van der Waals surface area contributed by atoms with E-state index < -0.39 is 6.10 Å². The fourth-order valence-electron chi connectivity index (χ4n) is 1.75. The average Bonchev–Trinajstić information content (AvgIpc) is 2.46. The second-order valence-corrected chi connectivity index (χ2v) is 4.39. The molecule has 3 heteroatoms. The van der Waals surface area contributed by atoms with Crippen molar-refractivity contribution in [2.75, 3.05) is 7.11 Å². The molecule has 0 spiro atoms. The molecule has 0 aliphatic heterocycles. The minimum atomic E-state index is -0.482. The molecule has 1 atom stereocenters. The quantitative estimate of drug-likeness (QED) is 0.894. The lowest BCUT2D eigenvalue weighted by Crippen LogP contribution is -1.97. The summed E-state index contributed by atoms with van der Waals surface area (Å²) < 4.78 is 10.8. The number of aliphatic hydroxyl groups is 1. The fourth-order valence-corrected chi connectivity index (χ4v) is 1.75. The van der Waals surface area contributed by atoms with E-state index in [1.807, 2.05) is 48.5 Å². The van der Waals surface area contributed by atoms with Gasteiger partial charge in [-0.25, -0.2) is 0 Å². The van der Waals surface area contributed by atoms with E-state index in [-0.39, 0.29) is 0 Å². The molecule has 100 valence electrons. The van der Waals surface area contributed by atoms with Crippen LogP contribution >= 0.6 is 0 Å². The summed E-state index contributed by atoms with van der Waals surface area (Å²) in [6.07, 6.45) is -0.482. The van der Waals surface area contributed by atoms with Crippen molar-refractivity contribution >= 4 is 0 Å². The van der Waals surface area contributed by atoms with Gasteiger partial charge in [0.1, 0.15) is 18.1 Å². The third-order valence-electron chi connectivity index (χ3n) is 2.91. The standard InChI is InChI=1S/C16H18O3/c1-12(17)14-4-3-5-16(10-14)19-11-13-6-8-15(18-2)9-7-13/h3-10,12,17H,11H2,1-2H3/t12-/m1/s1. The van der Waals surface area contributed by atoms with E-state index in [4.69, 9.17) is 9.47 Å². The summed E-state index contributed by atoms with van der Waals surface area (Å²) in [5.74, 6) is 1.59. The van der Waals surface area contributed by atoms with Gasteiger partial charge in [0.2, 0.25) is 0 Å². The lowest BCUT2D eigenvalue weighted by molar-refractivity contribution is 0.198. The fraction of sp³-hybridized carbons (Fsp3) is 0.250. The molecule has 0 heterocycles. The molecule has 0 bridgehead atoms. The van der Waals surface area contributed by atoms with Crippen LogP contribution in [0.2, 0.25) is 0 Å². The molecule has 2 aromatic carbocycles. The minimum absolute atomic E-state index is 0.482. The van der Waals surface area contributed by atoms with Gasteiger partial charge in [0.05, 0.1) is 13.2 Å². The molecule has 2 aromatic rings. The molecule has 0 saturated heterocycles. The van der Waals surface area contributed by atoms with Crippen LogP contribution in [0.15, 0.2) is 48.5 Å². The molecule has 0 unspecified atom stereocenters. The van der Waals surface area contributed by atoms with Crippen LogP contribution in [0.4, 0.5) is 0 Å². The Bertz CT molecular complexity index is 518. The van der Waals surface area contributed by atoms with Gasteiger partial charge >= 0.3 is 0 Å². The van der Waals surface area contributed by atoms with Crippen molar-refractivity contribution in [2.45, 2.75) is 19.6 Å². The van der Waals surface area contributed by atoms with E-state index >= 15 is 0 Å². The van der Waals surface area contributed by atoms with Crippen LogP contribution in [0.5, 0.6) is 11.5 Å². The summed E-state index contributed by atoms with van der Waals surface area (Å²) in [6.45, 7) is 2.23. The summed E-state index contributed by atoms with van der Waals surface area (Å²) in [6, 6.07) is 15.3. The van der Waals surface area contributed by atoms with Crippen LogP contribution in [-0.2, 0) is 6.61 Å². The van der Waals surface area contributed by atoms with Crippen LogP contribution < -0.4 is 9.47 Å². The summed E-state index contributed by atoms with van der Waals surface area (Å²) in [5, 5.41) is 9.52. The Morgan fingerprint density at radius 3 is 2.42 bits per heavy atom. The molecule has 0 saturated carbocycles. The maximum atomic E-state index is 9.52. The maximum absolute atomic E-state index is 9.52. The molecule has 0 aromatic heterocycles. The highest BCUT2D eigenvalue weighted by Gasteiger charge is 2.02. The van der Waals surface area contributed by atoms with Crippen molar-refractivity contribution in [1.82, 2.24) is 0 Å². The lowest BCUT2D eigenvalue weighted by atomic mass is 10.1. The number of hydrogen-bond acceptors (Lipinski definition) is 3. The number of benzene rings is 2. The van der Waals surface area contributed by atoms with Crippen LogP contribution in [0.1, 0.15) is 24.2 Å². The van der Waals surface area contributed by atoms with Gasteiger partial charge < -0.3 is 14.6 Å². The monoisotopic (exact) mass is 258 g/mol. The molecule has 19 heavy (non-hydrogen) atoms. The van der Waals surface area contributed by atoms with Gasteiger partial charge in [-0.15, -0.1) is 0 Å². The number of methoxy groups -OCH3 is 1. The molecular weight excluding hydrogens is 240 g/mol. The van der Waals surface area contributed by atoms with E-state index in [1.165, 1.54) is 0 Å². The van der Waals surface area contributed by atoms with Crippen LogP contribution in [0.25, 0.3) is 0 Å². The predicted molar refractivity (Wildman–Crippen MR) is 74.4 cm³/mol. The predicted octanol–water partition coefficient (Wildman–Crippen LogP) is 3.33. The second kappa shape index (κ2) is 6.25. The number of hydrogen-bond donors (Lipinski definition) is 1. The highest BCUT2D eigenvalue weighted by atomic mass is 16.5. The largest absolute Gasteiger partial charge is 0.497 e. The summed E-state index contributed by atoms with van der Waals surface area (Å²) in [5.41, 5.74) is 1.93. The number of rotatable bonds is 5. The average molecular weight is 258 g/mol. The Labute approximate surface area is 113 Å². The number of aliphatic hydroxyl groups excluding tert-OH is 1. The van der Waals surface area contributed by atoms with Crippen molar-refractivity contribution in [3.05, 3.63) is 59.7 Å². The first-order valence-electron chi connectivity index (χ1n) is 6.23. The van der Waals surface area contributed by atoms with Crippen molar-refractivity contribution in [3.63, 3.8) is 0 Å². The van der Waals surface area contributed by atoms with Crippen molar-refractivity contribution in [3.8, 4) is 11.5 Å². The van der Waals surface area contributed by atoms with Gasteiger partial charge in [0, 0.05) is 0 Å². The summed E-state index contributed by atoms with van der Waals surface area (Å²) in [4.78, 5) is 0. The summed E-state index contributed by atoms with van der Waals surface area (Å²) >= 11 is 0. The van der Waals surface area contributed by atoms with E-state index in [0.29, 0.717) is 6.61 Å². The van der Waals surface area contributed by atoms with Crippen molar-refractivity contribution < 1.29 is 14.6 Å². The first-order chi connectivity index (χ1) is 9.19. The van der Waals surface area contributed by atoms with Crippen molar-refractivity contribution in [1.29, 1.82) is 0 Å². The van der Waals surface area contributed by atoms with Crippen LogP contribution in [0.3, 0.4) is 0 Å². The first kappa shape index (κ1) is 13.4. The van der Waals surface area contributed by atoms with E-state index in [2.05, 4.69) is 0 Å². The van der Waals surface area contributed by atoms with Crippen LogP contribution in [-0.4, -0.2) is 12.2 Å². The molecule has 0 aliphatic rings. The Balaban J connectivity index is 1.99. The smallest absolute Gasteiger partial charge is 0.120 e. The zero-order chi connectivity index (χ0) is 13.7. The molecule has 0 aliphatic carbocycles. The van der Waals surface area contributed by atoms with E-state index in [9.17, 15) is 5.11 Å². The highest BCUT2D eigenvalue weighted by molar-refractivity contribution is 5.31. The number of ether oxygens (including phenoxy) is 2. The first-order valence-corrected chi connectivity index (χ1v) is 6.23. The second-order valence-electron chi connectivity index (χ2n) is 4.39. The Kier molecular flexibility index (Phi) is 4.42. The van der Waals surface area contributed by atoms with Gasteiger partial charge in [0.25, 0.3) is 0 Å². The van der Waals surface area contributed by atoms with Crippen molar-refractivity contribution in [2.24, 2.45) is 0 Å². The molecule has 2 rings (SSSR count). The topological polar surface area (TPSA) is 38.7 Å². The molecule has 0 radical (unpaired) electrons. The van der Waals surface area contributed by atoms with Gasteiger partial charge in [0.15, 0.2) is 0 Å². The van der Waals surface area contributed by atoms with E-state index in [1.54, 1.807) is 14.0 Å². The Morgan fingerprint density at radius 1 is 1.05 bits per heavy atom. The molecular formula is C16H18O3. The highest BCUT2D eigenvalue weighted by Crippen LogP contribution is 2.20. The summed E-state index contributed by atoms with van der Waals surface area (Å²) in [7, 11) is 1.65. The normalized spacial score (nSPS) is 11.9. The lowest BCUT2D eigenvalue weighted by Gasteiger charge is -2.10. The Morgan fingerprint density at radius 2 is 1.79 bits per heavy atom.